The molecule has 0 amide bonds. The van der Waals surface area contributed by atoms with Gasteiger partial charge in [0, 0.05) is 6.20 Å². The summed E-state index contributed by atoms with van der Waals surface area (Å²) in [5, 5.41) is 0. The van der Waals surface area contributed by atoms with Crippen molar-refractivity contribution in [2.24, 2.45) is 0 Å². The molecular formula is C12H17NO2. The van der Waals surface area contributed by atoms with E-state index in [0.717, 1.165) is 5.69 Å². The number of aromatic nitrogens is 1. The maximum absolute atomic E-state index is 11.7. The first-order valence-corrected chi connectivity index (χ1v) is 5.04. The Morgan fingerprint density at radius 3 is 2.53 bits per heavy atom. The van der Waals surface area contributed by atoms with E-state index in [2.05, 4.69) is 4.98 Å². The zero-order chi connectivity index (χ0) is 11.5. The predicted molar refractivity (Wildman–Crippen MR) is 58.5 cm³/mol. The molecule has 0 aliphatic rings. The lowest BCUT2D eigenvalue weighted by atomic mass is 10.1. The fraction of sp³-hybridized carbons (Fsp3) is 0.500. The molecule has 0 saturated heterocycles. The molecule has 0 saturated carbocycles. The van der Waals surface area contributed by atoms with Gasteiger partial charge in [-0.3, -0.25) is 9.78 Å². The molecule has 1 aromatic rings. The average Bonchev–Trinajstić information content (AvgIpc) is 2.15. The van der Waals surface area contributed by atoms with Crippen molar-refractivity contribution in [1.82, 2.24) is 4.98 Å². The Morgan fingerprint density at radius 1 is 1.40 bits per heavy atom. The van der Waals surface area contributed by atoms with Gasteiger partial charge in [-0.2, -0.15) is 0 Å². The van der Waals surface area contributed by atoms with Gasteiger partial charge in [-0.25, -0.2) is 0 Å². The highest BCUT2D eigenvalue weighted by atomic mass is 16.6. The zero-order valence-electron chi connectivity index (χ0n) is 9.65. The molecule has 0 fully saturated rings. The van der Waals surface area contributed by atoms with Crippen molar-refractivity contribution in [3.05, 3.63) is 30.1 Å². The summed E-state index contributed by atoms with van der Waals surface area (Å²) in [5.41, 5.74) is 0.298. The van der Waals surface area contributed by atoms with Gasteiger partial charge in [-0.05, 0) is 39.8 Å². The largest absolute Gasteiger partial charge is 0.459 e. The van der Waals surface area contributed by atoms with Crippen LogP contribution >= 0.6 is 0 Å². The van der Waals surface area contributed by atoms with Crippen molar-refractivity contribution in [1.29, 1.82) is 0 Å². The van der Waals surface area contributed by atoms with Gasteiger partial charge >= 0.3 is 5.97 Å². The van der Waals surface area contributed by atoms with Gasteiger partial charge in [0.1, 0.15) is 5.60 Å². The summed E-state index contributed by atoms with van der Waals surface area (Å²) < 4.78 is 5.27. The molecular weight excluding hydrogens is 190 g/mol. The molecule has 0 spiro atoms. The topological polar surface area (TPSA) is 39.2 Å². The van der Waals surface area contributed by atoms with Crippen LogP contribution < -0.4 is 0 Å². The SMILES string of the molecule is C[C@@H](C(=O)OC(C)(C)C)c1ccccn1. The van der Waals surface area contributed by atoms with Crippen LogP contribution in [0.4, 0.5) is 0 Å². The fourth-order valence-electron chi connectivity index (χ4n) is 1.14. The van der Waals surface area contributed by atoms with Crippen molar-refractivity contribution in [2.45, 2.75) is 39.2 Å². The van der Waals surface area contributed by atoms with Crippen molar-refractivity contribution < 1.29 is 9.53 Å². The van der Waals surface area contributed by atoms with Crippen molar-refractivity contribution in [2.75, 3.05) is 0 Å². The number of rotatable bonds is 2. The van der Waals surface area contributed by atoms with Gasteiger partial charge in [-0.15, -0.1) is 0 Å². The van der Waals surface area contributed by atoms with E-state index in [4.69, 9.17) is 4.74 Å². The molecule has 0 radical (unpaired) electrons. The molecule has 0 aromatic carbocycles. The summed E-state index contributed by atoms with van der Waals surface area (Å²) in [6, 6.07) is 5.52. The number of carbonyl (C=O) groups excluding carboxylic acids is 1. The van der Waals surface area contributed by atoms with E-state index in [9.17, 15) is 4.79 Å². The van der Waals surface area contributed by atoms with Gasteiger partial charge < -0.3 is 4.74 Å². The quantitative estimate of drug-likeness (QED) is 0.699. The second kappa shape index (κ2) is 4.43. The van der Waals surface area contributed by atoms with Crippen LogP contribution in [0.25, 0.3) is 0 Å². The standard InChI is InChI=1S/C12H17NO2/c1-9(10-7-5-6-8-13-10)11(14)15-12(2,3)4/h5-9H,1-4H3/t9-/m1/s1. The van der Waals surface area contributed by atoms with Crippen LogP contribution in [0.1, 0.15) is 39.3 Å². The lowest BCUT2D eigenvalue weighted by Gasteiger charge is -2.21. The zero-order valence-corrected chi connectivity index (χ0v) is 9.65. The lowest BCUT2D eigenvalue weighted by molar-refractivity contribution is -0.156. The predicted octanol–water partition coefficient (Wildman–Crippen LogP) is 2.53. The van der Waals surface area contributed by atoms with E-state index < -0.39 is 5.60 Å². The summed E-state index contributed by atoms with van der Waals surface area (Å²) >= 11 is 0. The molecule has 3 nitrogen and oxygen atoms in total. The molecule has 0 bridgehead atoms. The van der Waals surface area contributed by atoms with Gasteiger partial charge in [-0.1, -0.05) is 6.07 Å². The first kappa shape index (κ1) is 11.7. The smallest absolute Gasteiger partial charge is 0.315 e. The molecule has 1 heterocycles. The second-order valence-corrected chi connectivity index (χ2v) is 4.51. The maximum atomic E-state index is 11.7. The summed E-state index contributed by atoms with van der Waals surface area (Å²) in [6.45, 7) is 7.37. The summed E-state index contributed by atoms with van der Waals surface area (Å²) in [5.74, 6) is -0.549. The van der Waals surface area contributed by atoms with Crippen LogP contribution in [0.5, 0.6) is 0 Å². The minimum atomic E-state index is -0.444. The molecule has 82 valence electrons. The van der Waals surface area contributed by atoms with Crippen LogP contribution in [-0.2, 0) is 9.53 Å². The Morgan fingerprint density at radius 2 is 2.07 bits per heavy atom. The maximum Gasteiger partial charge on any atom is 0.315 e. The first-order valence-electron chi connectivity index (χ1n) is 5.04. The van der Waals surface area contributed by atoms with E-state index in [-0.39, 0.29) is 11.9 Å². The van der Waals surface area contributed by atoms with Crippen LogP contribution in [0, 0.1) is 0 Å². The van der Waals surface area contributed by atoms with Crippen molar-refractivity contribution in [3.63, 3.8) is 0 Å². The lowest BCUT2D eigenvalue weighted by Crippen LogP contribution is -2.27. The molecule has 15 heavy (non-hydrogen) atoms. The van der Waals surface area contributed by atoms with E-state index in [1.807, 2.05) is 39.0 Å². The normalized spacial score (nSPS) is 13.3. The third-order valence-corrected chi connectivity index (χ3v) is 1.89. The van der Waals surface area contributed by atoms with Crippen LogP contribution in [0.15, 0.2) is 24.4 Å². The highest BCUT2D eigenvalue weighted by Crippen LogP contribution is 2.17. The number of esters is 1. The van der Waals surface area contributed by atoms with Gasteiger partial charge in [0.2, 0.25) is 0 Å². The summed E-state index contributed by atoms with van der Waals surface area (Å²) in [7, 11) is 0. The third-order valence-electron chi connectivity index (χ3n) is 1.89. The summed E-state index contributed by atoms with van der Waals surface area (Å²) in [4.78, 5) is 15.8. The Kier molecular flexibility index (Phi) is 3.45. The molecule has 1 rings (SSSR count). The number of carbonyl (C=O) groups is 1. The van der Waals surface area contributed by atoms with Crippen molar-refractivity contribution >= 4 is 5.97 Å². The van der Waals surface area contributed by atoms with E-state index in [1.54, 1.807) is 13.1 Å². The van der Waals surface area contributed by atoms with Crippen LogP contribution in [0.3, 0.4) is 0 Å². The molecule has 0 aliphatic carbocycles. The minimum absolute atomic E-state index is 0.235. The van der Waals surface area contributed by atoms with Crippen LogP contribution in [0.2, 0.25) is 0 Å². The Labute approximate surface area is 90.5 Å². The monoisotopic (exact) mass is 207 g/mol. The molecule has 3 heteroatoms. The van der Waals surface area contributed by atoms with Gasteiger partial charge in [0.25, 0.3) is 0 Å². The van der Waals surface area contributed by atoms with E-state index in [1.165, 1.54) is 0 Å². The minimum Gasteiger partial charge on any atom is -0.459 e. The van der Waals surface area contributed by atoms with Crippen molar-refractivity contribution in [3.8, 4) is 0 Å². The first-order chi connectivity index (χ1) is 6.90. The highest BCUT2D eigenvalue weighted by molar-refractivity contribution is 5.77. The molecule has 1 atom stereocenters. The van der Waals surface area contributed by atoms with Gasteiger partial charge in [0.05, 0.1) is 11.6 Å². The number of hydrogen-bond donors (Lipinski definition) is 0. The second-order valence-electron chi connectivity index (χ2n) is 4.51. The molecule has 0 aliphatic heterocycles. The third kappa shape index (κ3) is 3.70. The molecule has 0 unspecified atom stereocenters. The highest BCUT2D eigenvalue weighted by Gasteiger charge is 2.23. The fourth-order valence-corrected chi connectivity index (χ4v) is 1.14. The number of ether oxygens (including phenoxy) is 1. The number of pyridine rings is 1. The molecule has 0 N–H and O–H groups in total. The van der Waals surface area contributed by atoms with E-state index in [0.29, 0.717) is 0 Å². The average molecular weight is 207 g/mol. The molecule has 1 aromatic heterocycles. The Balaban J connectivity index is 2.70. The Bertz CT molecular complexity index is 327. The number of nitrogens with zero attached hydrogens (tertiary/aromatic N) is 1. The Hall–Kier alpha value is -1.38. The van der Waals surface area contributed by atoms with Crippen LogP contribution in [-0.4, -0.2) is 16.6 Å². The number of hydrogen-bond acceptors (Lipinski definition) is 3. The van der Waals surface area contributed by atoms with E-state index >= 15 is 0 Å². The van der Waals surface area contributed by atoms with Gasteiger partial charge in [0.15, 0.2) is 0 Å². The summed E-state index contributed by atoms with van der Waals surface area (Å²) in [6.07, 6.45) is 1.68.